The molecule has 0 aliphatic rings. The summed E-state index contributed by atoms with van der Waals surface area (Å²) in [5, 5.41) is 2.56. The number of fused-ring (bicyclic) bond motifs is 1. The topological polar surface area (TPSA) is 26.0 Å². The van der Waals surface area contributed by atoms with Gasteiger partial charge in [0.25, 0.3) is 0 Å². The summed E-state index contributed by atoms with van der Waals surface area (Å²) < 4.78 is 0. The summed E-state index contributed by atoms with van der Waals surface area (Å²) in [6.45, 7) is 0. The maximum atomic E-state index is 5.76. The molecule has 110 valence electrons. The predicted octanol–water partition coefficient (Wildman–Crippen LogP) is 5.76. The van der Waals surface area contributed by atoms with E-state index in [1.807, 2.05) is 12.1 Å². The molecular formula is C22H17N. The van der Waals surface area contributed by atoms with Crippen LogP contribution < -0.4 is 5.73 Å². The van der Waals surface area contributed by atoms with E-state index in [0.29, 0.717) is 0 Å². The van der Waals surface area contributed by atoms with Crippen molar-refractivity contribution in [1.29, 1.82) is 0 Å². The molecule has 4 aromatic rings. The molecule has 0 radical (unpaired) electrons. The maximum absolute atomic E-state index is 5.76. The molecule has 1 heteroatoms. The molecule has 0 saturated heterocycles. The fourth-order valence-corrected chi connectivity index (χ4v) is 2.99. The monoisotopic (exact) mass is 295 g/mol. The van der Waals surface area contributed by atoms with Crippen LogP contribution in [0, 0.1) is 0 Å². The normalized spacial score (nSPS) is 10.8. The smallest absolute Gasteiger partial charge is 0.0314 e. The number of benzene rings is 4. The second-order valence-corrected chi connectivity index (χ2v) is 5.73. The van der Waals surface area contributed by atoms with Crippen molar-refractivity contribution in [2.45, 2.75) is 0 Å². The van der Waals surface area contributed by atoms with Gasteiger partial charge in [0.2, 0.25) is 0 Å². The lowest BCUT2D eigenvalue weighted by Crippen LogP contribution is -1.85. The Kier molecular flexibility index (Phi) is 3.32. The second-order valence-electron chi connectivity index (χ2n) is 5.73. The Morgan fingerprint density at radius 2 is 1.04 bits per heavy atom. The van der Waals surface area contributed by atoms with Crippen LogP contribution in [0.4, 0.5) is 5.69 Å². The lowest BCUT2D eigenvalue weighted by atomic mass is 9.96. The standard InChI is InChI=1S/C22H17N/c23-20-14-12-17(13-15-20)16-8-10-19(11-9-16)22-7-3-5-18-4-1-2-6-21(18)22/h1-15H,23H2. The summed E-state index contributed by atoms with van der Waals surface area (Å²) in [5.74, 6) is 0. The molecule has 4 aromatic carbocycles. The van der Waals surface area contributed by atoms with E-state index in [2.05, 4.69) is 78.9 Å². The Balaban J connectivity index is 1.77. The highest BCUT2D eigenvalue weighted by Crippen LogP contribution is 2.30. The highest BCUT2D eigenvalue weighted by atomic mass is 14.5. The van der Waals surface area contributed by atoms with Crippen molar-refractivity contribution in [1.82, 2.24) is 0 Å². The van der Waals surface area contributed by atoms with Gasteiger partial charge in [-0.1, -0.05) is 78.9 Å². The van der Waals surface area contributed by atoms with Gasteiger partial charge in [-0.2, -0.15) is 0 Å². The zero-order valence-electron chi connectivity index (χ0n) is 12.7. The van der Waals surface area contributed by atoms with E-state index < -0.39 is 0 Å². The second kappa shape index (κ2) is 5.62. The summed E-state index contributed by atoms with van der Waals surface area (Å²) in [6, 6.07) is 31.7. The predicted molar refractivity (Wildman–Crippen MR) is 99.2 cm³/mol. The van der Waals surface area contributed by atoms with Gasteiger partial charge in [0.15, 0.2) is 0 Å². The summed E-state index contributed by atoms with van der Waals surface area (Å²) in [6.07, 6.45) is 0. The quantitative estimate of drug-likeness (QED) is 0.468. The third-order valence-corrected chi connectivity index (χ3v) is 4.23. The first-order valence-electron chi connectivity index (χ1n) is 7.75. The minimum absolute atomic E-state index is 0.793. The molecule has 0 aliphatic carbocycles. The van der Waals surface area contributed by atoms with Gasteiger partial charge >= 0.3 is 0 Å². The van der Waals surface area contributed by atoms with Gasteiger partial charge in [-0.05, 0) is 45.2 Å². The van der Waals surface area contributed by atoms with Crippen molar-refractivity contribution < 1.29 is 0 Å². The Bertz CT molecular complexity index is 946. The number of nitrogens with two attached hydrogens (primary N) is 1. The van der Waals surface area contributed by atoms with Gasteiger partial charge in [0.1, 0.15) is 0 Å². The molecular weight excluding hydrogens is 278 g/mol. The molecule has 0 aromatic heterocycles. The molecule has 23 heavy (non-hydrogen) atoms. The summed E-state index contributed by atoms with van der Waals surface area (Å²) in [4.78, 5) is 0. The van der Waals surface area contributed by atoms with Crippen LogP contribution in [0.15, 0.2) is 91.0 Å². The van der Waals surface area contributed by atoms with E-state index >= 15 is 0 Å². The first-order chi connectivity index (χ1) is 11.3. The van der Waals surface area contributed by atoms with E-state index in [1.54, 1.807) is 0 Å². The molecule has 1 nitrogen and oxygen atoms in total. The van der Waals surface area contributed by atoms with Crippen LogP contribution in [0.1, 0.15) is 0 Å². The summed E-state index contributed by atoms with van der Waals surface area (Å²) in [5.41, 5.74) is 11.4. The third kappa shape index (κ3) is 2.58. The minimum Gasteiger partial charge on any atom is -0.399 e. The van der Waals surface area contributed by atoms with Gasteiger partial charge in [0.05, 0.1) is 0 Å². The fraction of sp³-hybridized carbons (Fsp3) is 0. The number of hydrogen-bond donors (Lipinski definition) is 1. The molecule has 0 fully saturated rings. The van der Waals surface area contributed by atoms with Gasteiger partial charge in [-0.15, -0.1) is 0 Å². The van der Waals surface area contributed by atoms with Crippen molar-refractivity contribution in [3.63, 3.8) is 0 Å². The van der Waals surface area contributed by atoms with Crippen LogP contribution >= 0.6 is 0 Å². The third-order valence-electron chi connectivity index (χ3n) is 4.23. The average Bonchev–Trinajstić information content (AvgIpc) is 2.62. The van der Waals surface area contributed by atoms with Gasteiger partial charge < -0.3 is 5.73 Å². The number of nitrogen functional groups attached to an aromatic ring is 1. The zero-order chi connectivity index (χ0) is 15.6. The largest absolute Gasteiger partial charge is 0.399 e. The van der Waals surface area contributed by atoms with Crippen molar-refractivity contribution in [2.75, 3.05) is 5.73 Å². The van der Waals surface area contributed by atoms with E-state index in [4.69, 9.17) is 5.73 Å². The van der Waals surface area contributed by atoms with Gasteiger partial charge in [-0.3, -0.25) is 0 Å². The van der Waals surface area contributed by atoms with Crippen LogP contribution in [0.25, 0.3) is 33.0 Å². The lowest BCUT2D eigenvalue weighted by Gasteiger charge is -2.08. The van der Waals surface area contributed by atoms with E-state index in [1.165, 1.54) is 33.0 Å². The van der Waals surface area contributed by atoms with Crippen LogP contribution in [0.3, 0.4) is 0 Å². The van der Waals surface area contributed by atoms with E-state index in [0.717, 1.165) is 5.69 Å². The van der Waals surface area contributed by atoms with Crippen LogP contribution in [0.2, 0.25) is 0 Å². The molecule has 0 atom stereocenters. The highest BCUT2D eigenvalue weighted by molar-refractivity contribution is 5.96. The first kappa shape index (κ1) is 13.6. The SMILES string of the molecule is Nc1ccc(-c2ccc(-c3cccc4ccccc34)cc2)cc1. The average molecular weight is 295 g/mol. The maximum Gasteiger partial charge on any atom is 0.0314 e. The number of hydrogen-bond acceptors (Lipinski definition) is 1. The van der Waals surface area contributed by atoms with Crippen molar-refractivity contribution in [3.05, 3.63) is 91.0 Å². The Labute approximate surface area is 136 Å². The molecule has 0 spiro atoms. The zero-order valence-corrected chi connectivity index (χ0v) is 12.7. The molecule has 2 N–H and O–H groups in total. The molecule has 0 saturated carbocycles. The van der Waals surface area contributed by atoms with E-state index in [9.17, 15) is 0 Å². The molecule has 4 rings (SSSR count). The molecule has 0 aliphatic heterocycles. The van der Waals surface area contributed by atoms with Gasteiger partial charge in [0, 0.05) is 5.69 Å². The minimum atomic E-state index is 0.793. The number of rotatable bonds is 2. The summed E-state index contributed by atoms with van der Waals surface area (Å²) in [7, 11) is 0. The number of anilines is 1. The first-order valence-corrected chi connectivity index (χ1v) is 7.75. The molecule has 0 heterocycles. The van der Waals surface area contributed by atoms with Crippen LogP contribution in [0.5, 0.6) is 0 Å². The van der Waals surface area contributed by atoms with Crippen LogP contribution in [-0.2, 0) is 0 Å². The van der Waals surface area contributed by atoms with Crippen LogP contribution in [-0.4, -0.2) is 0 Å². The highest BCUT2D eigenvalue weighted by Gasteiger charge is 2.04. The fourth-order valence-electron chi connectivity index (χ4n) is 2.99. The molecule has 0 unspecified atom stereocenters. The van der Waals surface area contributed by atoms with Crippen molar-refractivity contribution in [2.24, 2.45) is 0 Å². The van der Waals surface area contributed by atoms with Gasteiger partial charge in [-0.25, -0.2) is 0 Å². The van der Waals surface area contributed by atoms with Crippen molar-refractivity contribution >= 4 is 16.5 Å². The van der Waals surface area contributed by atoms with E-state index in [-0.39, 0.29) is 0 Å². The van der Waals surface area contributed by atoms with Crippen molar-refractivity contribution in [3.8, 4) is 22.3 Å². The Morgan fingerprint density at radius 3 is 1.78 bits per heavy atom. The molecule has 0 amide bonds. The lowest BCUT2D eigenvalue weighted by molar-refractivity contribution is 1.60. The Hall–Kier alpha value is -3.06. The molecule has 0 bridgehead atoms. The summed E-state index contributed by atoms with van der Waals surface area (Å²) >= 11 is 0. The Morgan fingerprint density at radius 1 is 0.478 bits per heavy atom.